The fourth-order valence-corrected chi connectivity index (χ4v) is 7.05. The normalized spacial score (nSPS) is 19.7. The lowest BCUT2D eigenvalue weighted by molar-refractivity contribution is -0.140. The number of aldehydes is 1. The van der Waals surface area contributed by atoms with Gasteiger partial charge in [0.15, 0.2) is 0 Å². The first-order valence-electron chi connectivity index (χ1n) is 23.4. The average Bonchev–Trinajstić information content (AvgIpc) is 3.96. The number of rotatable bonds is 17. The minimum absolute atomic E-state index is 0.0152. The van der Waals surface area contributed by atoms with E-state index in [9.17, 15) is 19.2 Å². The minimum Gasteiger partial charge on any atom is -0.447 e. The summed E-state index contributed by atoms with van der Waals surface area (Å²) < 4.78 is 5.30. The van der Waals surface area contributed by atoms with Crippen LogP contribution < -0.4 is 21.3 Å². The van der Waals surface area contributed by atoms with Gasteiger partial charge in [-0.25, -0.2) is 9.59 Å². The number of nitrogens with one attached hydrogen (secondary N) is 4. The molecule has 10 heteroatoms. The van der Waals surface area contributed by atoms with E-state index in [1.165, 1.54) is 44.1 Å². The summed E-state index contributed by atoms with van der Waals surface area (Å²) in [6.07, 6.45) is 18.7. The van der Waals surface area contributed by atoms with Crippen molar-refractivity contribution in [3.63, 3.8) is 0 Å². The highest BCUT2D eigenvalue weighted by Crippen LogP contribution is 2.50. The van der Waals surface area contributed by atoms with E-state index in [0.717, 1.165) is 57.8 Å². The quantitative estimate of drug-likeness (QED) is 0.0500. The van der Waals surface area contributed by atoms with Gasteiger partial charge < -0.3 is 35.7 Å². The lowest BCUT2D eigenvalue weighted by Crippen LogP contribution is -2.61. The average molecular weight is 834 g/mol. The van der Waals surface area contributed by atoms with Crippen LogP contribution in [0.3, 0.4) is 0 Å². The third-order valence-corrected chi connectivity index (χ3v) is 11.2. The zero-order valence-electron chi connectivity index (χ0n) is 40.8. The summed E-state index contributed by atoms with van der Waals surface area (Å²) in [4.78, 5) is 52.4. The van der Waals surface area contributed by atoms with Crippen molar-refractivity contribution in [2.45, 2.75) is 192 Å². The van der Waals surface area contributed by atoms with Crippen LogP contribution in [0.25, 0.3) is 0 Å². The molecule has 3 fully saturated rings. The van der Waals surface area contributed by atoms with E-state index in [0.29, 0.717) is 24.9 Å². The SMILES string of the molecule is C=CC(=C)C(CC)CCCC.C=CCNC.CC.CC.CCCC.CCNC(=O)OCC(NC(=O)NC(C(=O)N1C[C@@H]2C[C@@H]2C1C=O)C1(C)CCCCCC1)C(C)(C)C. The van der Waals surface area contributed by atoms with Crippen molar-refractivity contribution < 1.29 is 23.9 Å². The molecule has 0 spiro atoms. The Balaban J connectivity index is -0.00000107. The third-order valence-electron chi connectivity index (χ3n) is 11.2. The summed E-state index contributed by atoms with van der Waals surface area (Å²) in [6, 6.07) is -2.02. The van der Waals surface area contributed by atoms with Crippen molar-refractivity contribution in [1.82, 2.24) is 26.2 Å². The molecule has 2 aliphatic carbocycles. The number of ether oxygens (including phenoxy) is 1. The van der Waals surface area contributed by atoms with Gasteiger partial charge in [0.1, 0.15) is 18.9 Å². The van der Waals surface area contributed by atoms with E-state index in [1.54, 1.807) is 11.8 Å². The minimum atomic E-state index is -0.717. The van der Waals surface area contributed by atoms with Gasteiger partial charge in [-0.15, -0.1) is 6.58 Å². The Hall–Kier alpha value is -3.14. The zero-order chi connectivity index (χ0) is 46.0. The van der Waals surface area contributed by atoms with Gasteiger partial charge in [-0.1, -0.05) is 165 Å². The van der Waals surface area contributed by atoms with Gasteiger partial charge in [0, 0.05) is 19.6 Å². The van der Waals surface area contributed by atoms with Crippen molar-refractivity contribution in [2.24, 2.45) is 28.6 Å². The molecule has 3 rings (SSSR count). The van der Waals surface area contributed by atoms with Crippen LogP contribution in [0.1, 0.15) is 173 Å². The van der Waals surface area contributed by atoms with Crippen molar-refractivity contribution in [3.05, 3.63) is 37.5 Å². The standard InChI is InChI=1S/C26H44N4O5.C11H20.C4H9N.C4H10.2C2H6/c1-6-27-24(34)35-16-20(25(2,3)4)28-23(33)29-21(26(5)11-9-7-8-10-12-26)22(32)30-14-17-13-18(17)19(30)15-31;1-5-8-9-11(7-3)10(4)6-2;1-3-4-5-2;1-3-4-2;2*1-2/h15,17-21H,6-14,16H2,1-5H3,(H,27,34)(H2,28,29,33);6,11H,2,4-5,7-9H2,1,3H3;3,5H,1,4H2,2H3;3-4H2,1-2H3;2*1-2H3/t17-,18-,19?,20?,21?;;;;;/m0...../s1. The van der Waals surface area contributed by atoms with E-state index >= 15 is 0 Å². The highest BCUT2D eigenvalue weighted by Gasteiger charge is 2.56. The number of hydrogen-bond donors (Lipinski definition) is 4. The second-order valence-electron chi connectivity index (χ2n) is 16.8. The Morgan fingerprint density at radius 3 is 1.90 bits per heavy atom. The number of allylic oxidation sites excluding steroid dienone is 2. The molecule has 1 heterocycles. The maximum atomic E-state index is 13.8. The number of likely N-dealkylation sites (N-methyl/N-ethyl adjacent to an activating group) is 1. The lowest BCUT2D eigenvalue weighted by atomic mass is 9.75. The molecule has 4 N–H and O–H groups in total. The number of amides is 4. The van der Waals surface area contributed by atoms with Crippen LogP contribution in [0.15, 0.2) is 37.5 Å². The molecule has 0 aromatic heterocycles. The third kappa shape index (κ3) is 24.6. The van der Waals surface area contributed by atoms with Crippen LogP contribution in [0.5, 0.6) is 0 Å². The Morgan fingerprint density at radius 1 is 0.915 bits per heavy atom. The molecule has 6 atom stereocenters. The summed E-state index contributed by atoms with van der Waals surface area (Å²) in [5.74, 6) is 1.19. The molecule has 0 radical (unpaired) electrons. The molecule has 2 saturated carbocycles. The van der Waals surface area contributed by atoms with E-state index in [1.807, 2.05) is 67.7 Å². The van der Waals surface area contributed by atoms with Crippen molar-refractivity contribution >= 4 is 24.3 Å². The molecular weight excluding hydrogens is 739 g/mol. The number of fused-ring (bicyclic) bond motifs is 1. The molecule has 59 heavy (non-hydrogen) atoms. The van der Waals surface area contributed by atoms with E-state index in [4.69, 9.17) is 4.74 Å². The molecule has 3 aliphatic rings. The molecule has 0 aromatic carbocycles. The fraction of sp³-hybridized carbons (Fsp3) is 0.796. The molecule has 1 saturated heterocycles. The molecular formula is C49H95N5O5. The summed E-state index contributed by atoms with van der Waals surface area (Å²) in [5, 5.41) is 11.4. The number of carbonyl (C=O) groups excluding carboxylic acids is 4. The summed E-state index contributed by atoms with van der Waals surface area (Å²) >= 11 is 0. The van der Waals surface area contributed by atoms with Crippen molar-refractivity contribution in [2.75, 3.05) is 33.3 Å². The Labute approximate surface area is 364 Å². The summed E-state index contributed by atoms with van der Waals surface area (Å²) in [5.41, 5.74) is 0.440. The predicted octanol–water partition coefficient (Wildman–Crippen LogP) is 11.4. The first kappa shape index (κ1) is 60.2. The first-order valence-corrected chi connectivity index (χ1v) is 23.4. The molecule has 0 aromatic rings. The van der Waals surface area contributed by atoms with Gasteiger partial charge >= 0.3 is 12.1 Å². The number of carbonyl (C=O) groups is 4. The van der Waals surface area contributed by atoms with Crippen molar-refractivity contribution in [1.29, 1.82) is 0 Å². The number of nitrogens with zero attached hydrogens (tertiary/aromatic N) is 1. The molecule has 346 valence electrons. The van der Waals surface area contributed by atoms with Gasteiger partial charge in [-0.05, 0) is 74.7 Å². The highest BCUT2D eigenvalue weighted by atomic mass is 16.5. The topological polar surface area (TPSA) is 129 Å². The molecule has 4 unspecified atom stereocenters. The maximum absolute atomic E-state index is 13.8. The largest absolute Gasteiger partial charge is 0.447 e. The summed E-state index contributed by atoms with van der Waals surface area (Å²) in [7, 11) is 1.89. The van der Waals surface area contributed by atoms with Gasteiger partial charge in [0.2, 0.25) is 5.91 Å². The van der Waals surface area contributed by atoms with Gasteiger partial charge in [0.25, 0.3) is 0 Å². The van der Waals surface area contributed by atoms with Gasteiger partial charge in [-0.2, -0.15) is 0 Å². The number of urea groups is 1. The van der Waals surface area contributed by atoms with Crippen LogP contribution in [0.4, 0.5) is 9.59 Å². The molecule has 1 aliphatic heterocycles. The Kier molecular flexibility index (Phi) is 36.3. The fourth-order valence-electron chi connectivity index (χ4n) is 7.05. The molecule has 10 nitrogen and oxygen atoms in total. The number of piperidine rings is 1. The number of unbranched alkanes of at least 4 members (excludes halogenated alkanes) is 2. The lowest BCUT2D eigenvalue weighted by Gasteiger charge is -2.40. The van der Waals surface area contributed by atoms with Crippen LogP contribution in [0, 0.1) is 28.6 Å². The second-order valence-corrected chi connectivity index (χ2v) is 16.8. The van der Waals surface area contributed by atoms with Crippen LogP contribution >= 0.6 is 0 Å². The van der Waals surface area contributed by atoms with Crippen molar-refractivity contribution in [3.8, 4) is 0 Å². The highest BCUT2D eigenvalue weighted by molar-refractivity contribution is 5.90. The molecule has 0 bridgehead atoms. The Bertz CT molecular complexity index is 1140. The van der Waals surface area contributed by atoms with Crippen LogP contribution in [-0.2, 0) is 14.3 Å². The monoisotopic (exact) mass is 834 g/mol. The second kappa shape index (κ2) is 35.6. The van der Waals surface area contributed by atoms with Crippen LogP contribution in [-0.4, -0.2) is 80.6 Å². The first-order chi connectivity index (χ1) is 28.1. The number of hydrogen-bond acceptors (Lipinski definition) is 6. The molecule has 4 amide bonds. The Morgan fingerprint density at radius 2 is 1.49 bits per heavy atom. The number of alkyl carbamates (subject to hydrolysis) is 1. The number of likely N-dealkylation sites (tertiary alicyclic amines) is 1. The van der Waals surface area contributed by atoms with Crippen LogP contribution in [0.2, 0.25) is 0 Å². The predicted molar refractivity (Wildman–Crippen MR) is 253 cm³/mol. The zero-order valence-corrected chi connectivity index (χ0v) is 40.8. The summed E-state index contributed by atoms with van der Waals surface area (Å²) in [6.45, 7) is 39.7. The van der Waals surface area contributed by atoms with Gasteiger partial charge in [0.05, 0.1) is 12.1 Å². The van der Waals surface area contributed by atoms with E-state index in [-0.39, 0.29) is 35.3 Å². The maximum Gasteiger partial charge on any atom is 0.407 e. The van der Waals surface area contributed by atoms with E-state index in [2.05, 4.69) is 75.6 Å². The van der Waals surface area contributed by atoms with Gasteiger partial charge in [-0.3, -0.25) is 4.79 Å². The smallest absolute Gasteiger partial charge is 0.407 e. The van der Waals surface area contributed by atoms with E-state index < -0.39 is 24.2 Å².